The van der Waals surface area contributed by atoms with Gasteiger partial charge in [0, 0.05) is 18.7 Å². The summed E-state index contributed by atoms with van der Waals surface area (Å²) in [7, 11) is 0. The molecule has 0 aliphatic carbocycles. The molecule has 1 aliphatic rings. The molecule has 1 aromatic rings. The number of ether oxygens (including phenoxy) is 2. The third-order valence-electron chi connectivity index (χ3n) is 3.80. The van der Waals surface area contributed by atoms with Crippen LogP contribution in [0.1, 0.15) is 18.1 Å². The zero-order valence-electron chi connectivity index (χ0n) is 14.3. The number of nitrogens with zero attached hydrogens (tertiary/aromatic N) is 2. The normalized spacial score (nSPS) is 14.7. The number of benzene rings is 1. The van der Waals surface area contributed by atoms with Crippen LogP contribution in [0.3, 0.4) is 0 Å². The van der Waals surface area contributed by atoms with Gasteiger partial charge in [0.05, 0.1) is 19.8 Å². The van der Waals surface area contributed by atoms with Crippen molar-refractivity contribution in [3.8, 4) is 17.6 Å². The molecule has 1 amide bonds. The fraction of sp³-hybridized carbons (Fsp3) is 0.368. The number of aromatic hydroxyl groups is 1. The first-order valence-electron chi connectivity index (χ1n) is 8.19. The number of carbonyl (C=O) groups is 1. The largest absolute Gasteiger partial charge is 0.504 e. The molecule has 0 bridgehead atoms. The molecule has 1 aromatic carbocycles. The SMILES string of the molecule is C=CCc1cc(/C=C(\C#N)C(=O)N2CCOCC2)cc(OCC)c1O. The second-order valence-corrected chi connectivity index (χ2v) is 5.53. The van der Waals surface area contributed by atoms with E-state index < -0.39 is 0 Å². The number of nitriles is 1. The maximum absolute atomic E-state index is 12.5. The first kappa shape index (κ1) is 18.6. The Labute approximate surface area is 147 Å². The molecule has 132 valence electrons. The molecule has 1 N–H and O–H groups in total. The Balaban J connectivity index is 2.37. The van der Waals surface area contributed by atoms with Crippen molar-refractivity contribution in [2.45, 2.75) is 13.3 Å². The third-order valence-corrected chi connectivity index (χ3v) is 3.80. The van der Waals surface area contributed by atoms with E-state index in [1.807, 2.05) is 13.0 Å². The molecule has 0 unspecified atom stereocenters. The molecule has 2 rings (SSSR count). The fourth-order valence-corrected chi connectivity index (χ4v) is 2.59. The predicted molar refractivity (Wildman–Crippen MR) is 94.2 cm³/mol. The number of morpholine rings is 1. The summed E-state index contributed by atoms with van der Waals surface area (Å²) in [6, 6.07) is 5.32. The first-order chi connectivity index (χ1) is 12.1. The highest BCUT2D eigenvalue weighted by molar-refractivity contribution is 6.01. The van der Waals surface area contributed by atoms with Gasteiger partial charge in [-0.15, -0.1) is 6.58 Å². The quantitative estimate of drug-likeness (QED) is 0.487. The van der Waals surface area contributed by atoms with E-state index in [4.69, 9.17) is 9.47 Å². The van der Waals surface area contributed by atoms with E-state index in [0.29, 0.717) is 56.2 Å². The second-order valence-electron chi connectivity index (χ2n) is 5.53. The van der Waals surface area contributed by atoms with Gasteiger partial charge in [0.1, 0.15) is 11.6 Å². The highest BCUT2D eigenvalue weighted by Gasteiger charge is 2.21. The van der Waals surface area contributed by atoms with E-state index in [9.17, 15) is 15.2 Å². The van der Waals surface area contributed by atoms with Crippen LogP contribution in [-0.2, 0) is 16.0 Å². The lowest BCUT2D eigenvalue weighted by Gasteiger charge is -2.26. The van der Waals surface area contributed by atoms with Crippen molar-refractivity contribution in [1.82, 2.24) is 4.90 Å². The number of carbonyl (C=O) groups excluding carboxylic acids is 1. The Morgan fingerprint density at radius 3 is 2.80 bits per heavy atom. The van der Waals surface area contributed by atoms with E-state index in [1.165, 1.54) is 6.08 Å². The van der Waals surface area contributed by atoms with E-state index in [0.717, 1.165) is 0 Å². The van der Waals surface area contributed by atoms with E-state index in [-0.39, 0.29) is 17.2 Å². The molecule has 1 aliphatic heterocycles. The van der Waals surface area contributed by atoms with Gasteiger partial charge in [-0.1, -0.05) is 6.08 Å². The molecule has 0 atom stereocenters. The lowest BCUT2D eigenvalue weighted by Crippen LogP contribution is -2.41. The van der Waals surface area contributed by atoms with Crippen molar-refractivity contribution in [2.24, 2.45) is 0 Å². The summed E-state index contributed by atoms with van der Waals surface area (Å²) in [6.07, 6.45) is 3.64. The molecule has 6 heteroatoms. The zero-order valence-corrected chi connectivity index (χ0v) is 14.3. The molecule has 1 heterocycles. The predicted octanol–water partition coefficient (Wildman–Crippen LogP) is 2.29. The van der Waals surface area contributed by atoms with Crippen molar-refractivity contribution in [1.29, 1.82) is 5.26 Å². The first-order valence-corrected chi connectivity index (χ1v) is 8.19. The van der Waals surface area contributed by atoms with Crippen molar-refractivity contribution < 1.29 is 19.4 Å². The number of amides is 1. The lowest BCUT2D eigenvalue weighted by atomic mass is 10.0. The number of allylic oxidation sites excluding steroid dienone is 1. The molecule has 0 radical (unpaired) electrons. The summed E-state index contributed by atoms with van der Waals surface area (Å²) in [5.41, 5.74) is 1.29. The Bertz CT molecular complexity index is 713. The molecular formula is C19H22N2O4. The average molecular weight is 342 g/mol. The Morgan fingerprint density at radius 2 is 2.20 bits per heavy atom. The fourth-order valence-electron chi connectivity index (χ4n) is 2.59. The summed E-state index contributed by atoms with van der Waals surface area (Å²) in [4.78, 5) is 14.1. The third kappa shape index (κ3) is 4.61. The average Bonchev–Trinajstić information content (AvgIpc) is 2.64. The highest BCUT2D eigenvalue weighted by Crippen LogP contribution is 2.33. The van der Waals surface area contributed by atoms with Gasteiger partial charge in [-0.2, -0.15) is 5.26 Å². The smallest absolute Gasteiger partial charge is 0.264 e. The monoisotopic (exact) mass is 342 g/mol. The van der Waals surface area contributed by atoms with Crippen LogP contribution in [-0.4, -0.2) is 48.8 Å². The minimum atomic E-state index is -0.317. The summed E-state index contributed by atoms with van der Waals surface area (Å²) in [5.74, 6) is 0.0585. The topological polar surface area (TPSA) is 82.8 Å². The van der Waals surface area contributed by atoms with E-state index >= 15 is 0 Å². The van der Waals surface area contributed by atoms with Gasteiger partial charge in [0.15, 0.2) is 11.5 Å². The number of hydrogen-bond acceptors (Lipinski definition) is 5. The van der Waals surface area contributed by atoms with Gasteiger partial charge >= 0.3 is 0 Å². The Morgan fingerprint density at radius 1 is 1.48 bits per heavy atom. The summed E-state index contributed by atoms with van der Waals surface area (Å²) in [6.45, 7) is 7.78. The van der Waals surface area contributed by atoms with Crippen molar-refractivity contribution in [2.75, 3.05) is 32.9 Å². The summed E-state index contributed by atoms with van der Waals surface area (Å²) < 4.78 is 10.7. The molecule has 0 saturated carbocycles. The highest BCUT2D eigenvalue weighted by atomic mass is 16.5. The maximum atomic E-state index is 12.5. The number of phenolic OH excluding ortho intramolecular Hbond substituents is 1. The van der Waals surface area contributed by atoms with Gasteiger partial charge in [-0.25, -0.2) is 0 Å². The number of phenols is 1. The van der Waals surface area contributed by atoms with Crippen LogP contribution < -0.4 is 4.74 Å². The van der Waals surface area contributed by atoms with Crippen LogP contribution in [0, 0.1) is 11.3 Å². The molecule has 1 fully saturated rings. The van der Waals surface area contributed by atoms with Gasteiger partial charge < -0.3 is 19.5 Å². The lowest BCUT2D eigenvalue weighted by molar-refractivity contribution is -0.130. The van der Waals surface area contributed by atoms with Gasteiger partial charge in [0.25, 0.3) is 5.91 Å². The van der Waals surface area contributed by atoms with Crippen LogP contribution in [0.4, 0.5) is 0 Å². The van der Waals surface area contributed by atoms with Gasteiger partial charge in [-0.3, -0.25) is 4.79 Å². The van der Waals surface area contributed by atoms with Crippen molar-refractivity contribution in [3.05, 3.63) is 41.5 Å². The zero-order chi connectivity index (χ0) is 18.2. The van der Waals surface area contributed by atoms with Gasteiger partial charge in [0.2, 0.25) is 0 Å². The summed E-state index contributed by atoms with van der Waals surface area (Å²) >= 11 is 0. The molecule has 25 heavy (non-hydrogen) atoms. The number of rotatable bonds is 6. The minimum absolute atomic E-state index is 0.0413. The molecule has 0 spiro atoms. The molecule has 0 aromatic heterocycles. The van der Waals surface area contributed by atoms with Crippen LogP contribution in [0.15, 0.2) is 30.4 Å². The minimum Gasteiger partial charge on any atom is -0.504 e. The standard InChI is InChI=1S/C19H22N2O4/c1-3-5-15-10-14(12-17(18(15)22)25-4-2)11-16(13-20)19(23)21-6-8-24-9-7-21/h3,10-12,22H,1,4-9H2,2H3/b16-11+. The number of hydrogen-bond donors (Lipinski definition) is 1. The van der Waals surface area contributed by atoms with Crippen LogP contribution >= 0.6 is 0 Å². The second kappa shape index (κ2) is 8.90. The van der Waals surface area contributed by atoms with Crippen molar-refractivity contribution >= 4 is 12.0 Å². The van der Waals surface area contributed by atoms with Crippen molar-refractivity contribution in [3.63, 3.8) is 0 Å². The summed E-state index contributed by atoms with van der Waals surface area (Å²) in [5, 5.41) is 19.6. The molecule has 6 nitrogen and oxygen atoms in total. The Kier molecular flexibility index (Phi) is 6.61. The molecule has 1 saturated heterocycles. The molecular weight excluding hydrogens is 320 g/mol. The Hall–Kier alpha value is -2.78. The van der Waals surface area contributed by atoms with Crippen LogP contribution in [0.25, 0.3) is 6.08 Å². The van der Waals surface area contributed by atoms with Gasteiger partial charge in [-0.05, 0) is 37.1 Å². The van der Waals surface area contributed by atoms with E-state index in [1.54, 1.807) is 23.1 Å². The van der Waals surface area contributed by atoms with Crippen LogP contribution in [0.5, 0.6) is 11.5 Å². The maximum Gasteiger partial charge on any atom is 0.264 e. The van der Waals surface area contributed by atoms with E-state index in [2.05, 4.69) is 6.58 Å². The van der Waals surface area contributed by atoms with Crippen LogP contribution in [0.2, 0.25) is 0 Å².